The zero-order valence-corrected chi connectivity index (χ0v) is 18.0. The summed E-state index contributed by atoms with van der Waals surface area (Å²) < 4.78 is 0. The van der Waals surface area contributed by atoms with Gasteiger partial charge in [0.1, 0.15) is 0 Å². The number of nitrogens with zero attached hydrogens (tertiary/aromatic N) is 1. The lowest BCUT2D eigenvalue weighted by Gasteiger charge is -2.49. The minimum Gasteiger partial charge on any atom is -0.307 e. The van der Waals surface area contributed by atoms with Crippen LogP contribution in [0.5, 0.6) is 0 Å². The smallest absolute Gasteiger partial charge is 0.0521 e. The van der Waals surface area contributed by atoms with Gasteiger partial charge in [-0.1, -0.05) is 42.5 Å². The molecule has 0 aromatic heterocycles. The molecule has 2 aromatic carbocycles. The molecule has 0 spiro atoms. The number of hydrazine groups is 1. The van der Waals surface area contributed by atoms with Crippen LogP contribution in [0.3, 0.4) is 0 Å². The molecule has 2 aliphatic heterocycles. The highest BCUT2D eigenvalue weighted by atomic mass is 15.4. The molecule has 4 heteroatoms. The maximum atomic E-state index is 3.81. The van der Waals surface area contributed by atoms with Crippen molar-refractivity contribution < 1.29 is 0 Å². The molecule has 2 aromatic rings. The second-order valence-electron chi connectivity index (χ2n) is 10.2. The second-order valence-corrected chi connectivity index (χ2v) is 10.2. The largest absolute Gasteiger partial charge is 0.307 e. The SMILES string of the molecule is CN(CC1CNNC1c1cccc2ccccc12)C1CC(C)(C)NC(C)(C)C1. The van der Waals surface area contributed by atoms with Crippen LogP contribution in [0.25, 0.3) is 10.8 Å². The molecule has 2 heterocycles. The summed E-state index contributed by atoms with van der Waals surface area (Å²) in [6.45, 7) is 11.5. The second kappa shape index (κ2) is 7.42. The normalized spacial score (nSPS) is 27.5. The van der Waals surface area contributed by atoms with E-state index in [0.717, 1.165) is 13.1 Å². The van der Waals surface area contributed by atoms with Crippen molar-refractivity contribution in [1.82, 2.24) is 21.1 Å². The third-order valence-electron chi connectivity index (χ3n) is 6.57. The molecular weight excluding hydrogens is 344 g/mol. The van der Waals surface area contributed by atoms with E-state index in [1.807, 2.05) is 0 Å². The number of rotatable bonds is 4. The van der Waals surface area contributed by atoms with Gasteiger partial charge in [0, 0.05) is 36.1 Å². The summed E-state index contributed by atoms with van der Waals surface area (Å²) in [5.41, 5.74) is 8.78. The number of piperidine rings is 1. The number of nitrogens with one attached hydrogen (secondary N) is 3. The van der Waals surface area contributed by atoms with Crippen LogP contribution in [0, 0.1) is 5.92 Å². The Kier molecular flexibility index (Phi) is 5.25. The van der Waals surface area contributed by atoms with E-state index in [1.54, 1.807) is 0 Å². The van der Waals surface area contributed by atoms with E-state index in [1.165, 1.54) is 29.2 Å². The van der Waals surface area contributed by atoms with Crippen molar-refractivity contribution in [1.29, 1.82) is 0 Å². The Balaban J connectivity index is 1.53. The quantitative estimate of drug-likeness (QED) is 0.753. The molecule has 2 unspecified atom stereocenters. The first kappa shape index (κ1) is 19.8. The van der Waals surface area contributed by atoms with E-state index in [9.17, 15) is 0 Å². The fourth-order valence-corrected chi connectivity index (χ4v) is 5.66. The number of fused-ring (bicyclic) bond motifs is 1. The van der Waals surface area contributed by atoms with E-state index in [2.05, 4.69) is 98.3 Å². The van der Waals surface area contributed by atoms with Gasteiger partial charge >= 0.3 is 0 Å². The van der Waals surface area contributed by atoms with Gasteiger partial charge in [-0.05, 0) is 63.9 Å². The van der Waals surface area contributed by atoms with Crippen molar-refractivity contribution >= 4 is 10.8 Å². The Morgan fingerprint density at radius 2 is 1.64 bits per heavy atom. The highest BCUT2D eigenvalue weighted by Crippen LogP contribution is 2.34. The maximum Gasteiger partial charge on any atom is 0.0521 e. The zero-order valence-electron chi connectivity index (χ0n) is 18.0. The molecule has 152 valence electrons. The Morgan fingerprint density at radius 1 is 0.964 bits per heavy atom. The molecule has 3 N–H and O–H groups in total. The van der Waals surface area contributed by atoms with Gasteiger partial charge < -0.3 is 10.2 Å². The van der Waals surface area contributed by atoms with Crippen LogP contribution in [-0.2, 0) is 0 Å². The van der Waals surface area contributed by atoms with Gasteiger partial charge in [-0.2, -0.15) is 0 Å². The summed E-state index contributed by atoms with van der Waals surface area (Å²) in [4.78, 5) is 2.61. The third-order valence-corrected chi connectivity index (χ3v) is 6.57. The molecule has 2 atom stereocenters. The standard InChI is InChI=1S/C24H36N4/c1-23(2)13-19(14-24(3,4)27-23)28(5)16-18-15-25-26-22(18)21-12-8-10-17-9-6-7-11-20(17)21/h6-12,18-19,22,25-27H,13-16H2,1-5H3. The average Bonchev–Trinajstić information content (AvgIpc) is 3.06. The van der Waals surface area contributed by atoms with Crippen molar-refractivity contribution in [2.24, 2.45) is 5.92 Å². The van der Waals surface area contributed by atoms with Gasteiger partial charge in [-0.3, -0.25) is 5.43 Å². The van der Waals surface area contributed by atoms with Gasteiger partial charge in [-0.25, -0.2) is 5.43 Å². The molecule has 4 rings (SSSR count). The first-order valence-electron chi connectivity index (χ1n) is 10.7. The molecule has 0 amide bonds. The molecule has 28 heavy (non-hydrogen) atoms. The van der Waals surface area contributed by atoms with Crippen LogP contribution in [0.1, 0.15) is 52.1 Å². The predicted molar refractivity (Wildman–Crippen MR) is 118 cm³/mol. The summed E-state index contributed by atoms with van der Waals surface area (Å²) in [6.07, 6.45) is 2.39. The van der Waals surface area contributed by atoms with Crippen LogP contribution >= 0.6 is 0 Å². The van der Waals surface area contributed by atoms with Crippen molar-refractivity contribution in [3.63, 3.8) is 0 Å². The number of hydrogen-bond donors (Lipinski definition) is 3. The minimum atomic E-state index is 0.182. The Morgan fingerprint density at radius 3 is 2.39 bits per heavy atom. The lowest BCUT2D eigenvalue weighted by atomic mass is 9.78. The first-order chi connectivity index (χ1) is 13.2. The maximum absolute atomic E-state index is 3.81. The number of benzene rings is 2. The van der Waals surface area contributed by atoms with Gasteiger partial charge in [-0.15, -0.1) is 0 Å². The van der Waals surface area contributed by atoms with Crippen LogP contribution in [0.2, 0.25) is 0 Å². The van der Waals surface area contributed by atoms with E-state index in [4.69, 9.17) is 0 Å². The van der Waals surface area contributed by atoms with Crippen LogP contribution in [-0.4, -0.2) is 42.2 Å². The molecule has 0 saturated carbocycles. The molecule has 4 nitrogen and oxygen atoms in total. The van der Waals surface area contributed by atoms with E-state index >= 15 is 0 Å². The highest BCUT2D eigenvalue weighted by Gasteiger charge is 2.40. The molecule has 2 fully saturated rings. The fraction of sp³-hybridized carbons (Fsp3) is 0.583. The molecule has 2 saturated heterocycles. The van der Waals surface area contributed by atoms with E-state index < -0.39 is 0 Å². The van der Waals surface area contributed by atoms with Crippen molar-refractivity contribution in [2.75, 3.05) is 20.1 Å². The fourth-order valence-electron chi connectivity index (χ4n) is 5.66. The van der Waals surface area contributed by atoms with E-state index in [-0.39, 0.29) is 11.1 Å². The molecule has 2 aliphatic rings. The first-order valence-corrected chi connectivity index (χ1v) is 10.7. The van der Waals surface area contributed by atoms with Gasteiger partial charge in [0.2, 0.25) is 0 Å². The molecule has 0 radical (unpaired) electrons. The summed E-state index contributed by atoms with van der Waals surface area (Å²) in [7, 11) is 2.32. The van der Waals surface area contributed by atoms with Crippen LogP contribution in [0.15, 0.2) is 42.5 Å². The predicted octanol–water partition coefficient (Wildman–Crippen LogP) is 3.85. The van der Waals surface area contributed by atoms with Crippen LogP contribution < -0.4 is 16.2 Å². The Labute approximate surface area is 170 Å². The van der Waals surface area contributed by atoms with Crippen LogP contribution in [0.4, 0.5) is 0 Å². The summed E-state index contributed by atoms with van der Waals surface area (Å²) in [5.74, 6) is 0.553. The van der Waals surface area contributed by atoms with Crippen molar-refractivity contribution in [3.05, 3.63) is 48.0 Å². The Bertz CT molecular complexity index is 807. The Hall–Kier alpha value is -1.46. The van der Waals surface area contributed by atoms with Crippen molar-refractivity contribution in [2.45, 2.75) is 63.7 Å². The number of hydrogen-bond acceptors (Lipinski definition) is 4. The van der Waals surface area contributed by atoms with Gasteiger partial charge in [0.05, 0.1) is 6.04 Å². The zero-order chi connectivity index (χ0) is 19.9. The third kappa shape index (κ3) is 4.11. The van der Waals surface area contributed by atoms with Crippen molar-refractivity contribution in [3.8, 4) is 0 Å². The van der Waals surface area contributed by atoms with Gasteiger partial charge in [0.15, 0.2) is 0 Å². The topological polar surface area (TPSA) is 39.3 Å². The minimum absolute atomic E-state index is 0.182. The van der Waals surface area contributed by atoms with E-state index in [0.29, 0.717) is 18.0 Å². The summed E-state index contributed by atoms with van der Waals surface area (Å²) in [5, 5.41) is 6.50. The average molecular weight is 381 g/mol. The summed E-state index contributed by atoms with van der Waals surface area (Å²) in [6, 6.07) is 16.4. The highest BCUT2D eigenvalue weighted by molar-refractivity contribution is 5.86. The van der Waals surface area contributed by atoms with Gasteiger partial charge in [0.25, 0.3) is 0 Å². The molecular formula is C24H36N4. The lowest BCUT2D eigenvalue weighted by molar-refractivity contribution is 0.0723. The molecule has 0 aliphatic carbocycles. The summed E-state index contributed by atoms with van der Waals surface area (Å²) >= 11 is 0. The monoisotopic (exact) mass is 380 g/mol. The lowest BCUT2D eigenvalue weighted by Crippen LogP contribution is -2.62. The molecule has 0 bridgehead atoms.